The molecular weight excluding hydrogens is 427 g/mol. The molecule has 4 nitrogen and oxygen atoms in total. The van der Waals surface area contributed by atoms with Crippen LogP contribution < -0.4 is 10.6 Å². The number of nitrogens with one attached hydrogen (secondary N) is 2. The Balaban J connectivity index is 0.00000242. The molecule has 2 rings (SSSR count). The van der Waals surface area contributed by atoms with Crippen LogP contribution in [0.25, 0.3) is 0 Å². The van der Waals surface area contributed by atoms with Crippen molar-refractivity contribution in [3.63, 3.8) is 0 Å². The summed E-state index contributed by atoms with van der Waals surface area (Å²) in [6.45, 7) is 11.1. The Kier molecular flexibility index (Phi) is 8.48. The lowest BCUT2D eigenvalue weighted by atomic mass is 10.1. The van der Waals surface area contributed by atoms with Crippen LogP contribution in [0.5, 0.6) is 0 Å². The summed E-state index contributed by atoms with van der Waals surface area (Å²) in [6, 6.07) is 0. The van der Waals surface area contributed by atoms with E-state index in [0.29, 0.717) is 11.3 Å². The maximum absolute atomic E-state index is 4.66. The Bertz CT molecular complexity index is 476. The first kappa shape index (κ1) is 20.0. The van der Waals surface area contributed by atoms with E-state index in [1.54, 1.807) is 11.3 Å². The van der Waals surface area contributed by atoms with Gasteiger partial charge in [0.25, 0.3) is 0 Å². The third kappa shape index (κ3) is 5.88. The number of aromatic nitrogens is 1. The molecule has 1 atom stereocenters. The minimum Gasteiger partial charge on any atom is -0.357 e. The predicted octanol–water partition coefficient (Wildman–Crippen LogP) is 3.72. The molecule has 1 fully saturated rings. The largest absolute Gasteiger partial charge is 0.357 e. The fraction of sp³-hybridized carbons (Fsp3) is 0.733. The molecule has 1 aliphatic rings. The van der Waals surface area contributed by atoms with E-state index in [9.17, 15) is 0 Å². The van der Waals surface area contributed by atoms with Crippen molar-refractivity contribution in [2.75, 3.05) is 18.8 Å². The van der Waals surface area contributed by atoms with Gasteiger partial charge < -0.3 is 10.6 Å². The van der Waals surface area contributed by atoms with Crippen LogP contribution >= 0.6 is 47.1 Å². The van der Waals surface area contributed by atoms with Crippen molar-refractivity contribution < 1.29 is 0 Å². The fourth-order valence-electron chi connectivity index (χ4n) is 2.34. The standard InChI is InChI=1S/C15H26N4S2.HI/c1-5-16-14(18-10-15(4)7-6-8-20-15)17-9-13-19-11(2)12(3)21-13;/h5-10H2,1-4H3,(H2,16,17,18);1H. The number of rotatable bonds is 5. The van der Waals surface area contributed by atoms with Crippen LogP contribution in [0, 0.1) is 13.8 Å². The minimum atomic E-state index is 0. The molecule has 0 bridgehead atoms. The lowest BCUT2D eigenvalue weighted by molar-refractivity contribution is 0.584. The van der Waals surface area contributed by atoms with Gasteiger partial charge in [0.15, 0.2) is 5.96 Å². The second kappa shape index (κ2) is 9.32. The Morgan fingerprint density at radius 2 is 2.14 bits per heavy atom. The van der Waals surface area contributed by atoms with Crippen molar-refractivity contribution in [1.29, 1.82) is 0 Å². The van der Waals surface area contributed by atoms with Crippen molar-refractivity contribution in [1.82, 2.24) is 15.6 Å². The maximum Gasteiger partial charge on any atom is 0.191 e. The van der Waals surface area contributed by atoms with E-state index in [-0.39, 0.29) is 24.0 Å². The first-order valence-corrected chi connectivity index (χ1v) is 9.42. The first-order chi connectivity index (χ1) is 10.0. The van der Waals surface area contributed by atoms with Gasteiger partial charge in [0.05, 0.1) is 12.2 Å². The zero-order valence-electron chi connectivity index (χ0n) is 13.9. The SMILES string of the molecule is CCNC(=NCc1nc(C)c(C)s1)NCC1(C)CCCS1.I. The van der Waals surface area contributed by atoms with Gasteiger partial charge in [0.2, 0.25) is 0 Å². The van der Waals surface area contributed by atoms with Crippen molar-refractivity contribution in [2.24, 2.45) is 4.99 Å². The van der Waals surface area contributed by atoms with E-state index in [0.717, 1.165) is 29.8 Å². The fourth-order valence-corrected chi connectivity index (χ4v) is 4.45. The summed E-state index contributed by atoms with van der Waals surface area (Å²) in [6.07, 6.45) is 2.61. The molecule has 1 aromatic rings. The Hall–Kier alpha value is -0.0200. The number of guanidine groups is 1. The van der Waals surface area contributed by atoms with Crippen LogP contribution in [0.4, 0.5) is 0 Å². The summed E-state index contributed by atoms with van der Waals surface area (Å²) < 4.78 is 0.352. The van der Waals surface area contributed by atoms with Gasteiger partial charge in [-0.15, -0.1) is 35.3 Å². The van der Waals surface area contributed by atoms with Crippen molar-refractivity contribution >= 4 is 53.0 Å². The molecule has 2 N–H and O–H groups in total. The van der Waals surface area contributed by atoms with E-state index in [1.807, 2.05) is 0 Å². The van der Waals surface area contributed by atoms with Crippen molar-refractivity contribution in [2.45, 2.75) is 51.8 Å². The monoisotopic (exact) mass is 454 g/mol. The lowest BCUT2D eigenvalue weighted by Gasteiger charge is -2.24. The molecule has 1 unspecified atom stereocenters. The molecule has 0 aromatic carbocycles. The summed E-state index contributed by atoms with van der Waals surface area (Å²) in [5, 5.41) is 7.90. The summed E-state index contributed by atoms with van der Waals surface area (Å²) in [4.78, 5) is 10.5. The maximum atomic E-state index is 4.66. The summed E-state index contributed by atoms with van der Waals surface area (Å²) >= 11 is 3.81. The molecule has 7 heteroatoms. The molecule has 1 saturated heterocycles. The Morgan fingerprint density at radius 3 is 2.68 bits per heavy atom. The third-order valence-corrected chi connectivity index (χ3v) is 6.32. The molecule has 0 radical (unpaired) electrons. The average Bonchev–Trinajstić information content (AvgIpc) is 3.01. The molecule has 22 heavy (non-hydrogen) atoms. The van der Waals surface area contributed by atoms with Gasteiger partial charge >= 0.3 is 0 Å². The highest BCUT2D eigenvalue weighted by molar-refractivity contribution is 14.0. The number of hydrogen-bond donors (Lipinski definition) is 2. The molecule has 1 aromatic heterocycles. The average molecular weight is 454 g/mol. The van der Waals surface area contributed by atoms with E-state index >= 15 is 0 Å². The number of nitrogens with zero attached hydrogens (tertiary/aromatic N) is 2. The number of aliphatic imine (C=N–C) groups is 1. The highest BCUT2D eigenvalue weighted by Gasteiger charge is 2.29. The van der Waals surface area contributed by atoms with Gasteiger partial charge in [-0.3, -0.25) is 0 Å². The van der Waals surface area contributed by atoms with Crippen LogP contribution in [0.15, 0.2) is 4.99 Å². The Morgan fingerprint density at radius 1 is 1.36 bits per heavy atom. The zero-order valence-corrected chi connectivity index (χ0v) is 17.8. The second-order valence-corrected chi connectivity index (χ2v) is 8.67. The van der Waals surface area contributed by atoms with Gasteiger partial charge in [-0.25, -0.2) is 9.98 Å². The van der Waals surface area contributed by atoms with Gasteiger partial charge in [-0.05, 0) is 46.3 Å². The molecular formula is C15H27IN4S2. The summed E-state index contributed by atoms with van der Waals surface area (Å²) in [5.74, 6) is 2.18. The zero-order chi connectivity index (χ0) is 15.3. The van der Waals surface area contributed by atoms with E-state index < -0.39 is 0 Å². The van der Waals surface area contributed by atoms with E-state index in [1.165, 1.54) is 23.5 Å². The molecule has 126 valence electrons. The van der Waals surface area contributed by atoms with Gasteiger partial charge in [-0.2, -0.15) is 11.8 Å². The smallest absolute Gasteiger partial charge is 0.191 e. The third-order valence-electron chi connectivity index (χ3n) is 3.72. The number of halogens is 1. The first-order valence-electron chi connectivity index (χ1n) is 7.61. The van der Waals surface area contributed by atoms with Crippen LogP contribution in [0.1, 0.15) is 42.3 Å². The van der Waals surface area contributed by atoms with Crippen molar-refractivity contribution in [3.8, 4) is 0 Å². The van der Waals surface area contributed by atoms with Crippen LogP contribution in [-0.4, -0.2) is 34.5 Å². The molecule has 0 saturated carbocycles. The van der Waals surface area contributed by atoms with Crippen LogP contribution in [0.3, 0.4) is 0 Å². The van der Waals surface area contributed by atoms with Crippen LogP contribution in [0.2, 0.25) is 0 Å². The van der Waals surface area contributed by atoms with E-state index in [2.05, 4.69) is 60.1 Å². The normalized spacial score (nSPS) is 21.5. The highest BCUT2D eigenvalue weighted by atomic mass is 127. The molecule has 0 spiro atoms. The number of thiazole rings is 1. The van der Waals surface area contributed by atoms with Gasteiger partial charge in [-0.1, -0.05) is 0 Å². The predicted molar refractivity (Wildman–Crippen MR) is 110 cm³/mol. The highest BCUT2D eigenvalue weighted by Crippen LogP contribution is 2.36. The Labute approximate surface area is 159 Å². The minimum absolute atomic E-state index is 0. The summed E-state index contributed by atoms with van der Waals surface area (Å²) in [7, 11) is 0. The lowest BCUT2D eigenvalue weighted by Crippen LogP contribution is -2.43. The van der Waals surface area contributed by atoms with Crippen molar-refractivity contribution in [3.05, 3.63) is 15.6 Å². The number of aryl methyl sites for hydroxylation is 2. The van der Waals surface area contributed by atoms with Gasteiger partial charge in [0, 0.05) is 22.7 Å². The number of thioether (sulfide) groups is 1. The molecule has 1 aliphatic heterocycles. The number of hydrogen-bond acceptors (Lipinski definition) is 4. The molecule has 2 heterocycles. The quantitative estimate of drug-likeness (QED) is 0.405. The van der Waals surface area contributed by atoms with Gasteiger partial charge in [0.1, 0.15) is 5.01 Å². The second-order valence-electron chi connectivity index (χ2n) is 5.70. The van der Waals surface area contributed by atoms with Crippen LogP contribution in [-0.2, 0) is 6.54 Å². The topological polar surface area (TPSA) is 49.3 Å². The molecule has 0 aliphatic carbocycles. The van der Waals surface area contributed by atoms with E-state index in [4.69, 9.17) is 0 Å². The molecule has 0 amide bonds. The summed E-state index contributed by atoms with van der Waals surface area (Å²) in [5.41, 5.74) is 1.12.